The highest BCUT2D eigenvalue weighted by atomic mass is 35.5. The molecule has 2 heterocycles. The molecule has 1 aliphatic heterocycles. The van der Waals surface area contributed by atoms with Crippen LogP contribution in [0.2, 0.25) is 5.02 Å². The molecule has 0 radical (unpaired) electrons. The number of carbonyl (C=O) groups excluding carboxylic acids is 1. The molecule has 0 aliphatic carbocycles. The second kappa shape index (κ2) is 6.08. The van der Waals surface area contributed by atoms with Crippen molar-refractivity contribution < 1.29 is 9.18 Å². The highest BCUT2D eigenvalue weighted by Gasteiger charge is 2.33. The van der Waals surface area contributed by atoms with Gasteiger partial charge >= 0.3 is 0 Å². The van der Waals surface area contributed by atoms with Crippen molar-refractivity contribution in [2.24, 2.45) is 0 Å². The maximum atomic E-state index is 13.5. The fraction of sp³-hybridized carbons (Fsp3) is 0.375. The Balaban J connectivity index is 1.93. The number of carbonyl (C=O) groups is 1. The minimum Gasteiger partial charge on any atom is -0.330 e. The fourth-order valence-electron chi connectivity index (χ4n) is 3.02. The molecule has 1 amide bonds. The molecule has 116 valence electrons. The molecular formula is C16H17ClFN3O. The van der Waals surface area contributed by atoms with Crippen LogP contribution in [0.25, 0.3) is 0 Å². The summed E-state index contributed by atoms with van der Waals surface area (Å²) in [4.78, 5) is 14.6. The van der Waals surface area contributed by atoms with E-state index in [2.05, 4.69) is 5.10 Å². The predicted molar refractivity (Wildman–Crippen MR) is 82.3 cm³/mol. The Morgan fingerprint density at radius 3 is 3.05 bits per heavy atom. The largest absolute Gasteiger partial charge is 0.330 e. The van der Waals surface area contributed by atoms with Gasteiger partial charge in [0.25, 0.3) is 5.91 Å². The molecule has 22 heavy (non-hydrogen) atoms. The van der Waals surface area contributed by atoms with Gasteiger partial charge < -0.3 is 4.90 Å². The zero-order chi connectivity index (χ0) is 15.7. The lowest BCUT2D eigenvalue weighted by molar-refractivity contribution is 0.0723. The van der Waals surface area contributed by atoms with Crippen LogP contribution >= 0.6 is 11.6 Å². The number of hydrogen-bond acceptors (Lipinski definition) is 2. The van der Waals surface area contributed by atoms with Gasteiger partial charge in [-0.25, -0.2) is 4.39 Å². The summed E-state index contributed by atoms with van der Waals surface area (Å²) in [6.45, 7) is 3.13. The highest BCUT2D eigenvalue weighted by molar-refractivity contribution is 6.33. The minimum atomic E-state index is -0.284. The van der Waals surface area contributed by atoms with Gasteiger partial charge in [-0.3, -0.25) is 9.48 Å². The molecule has 3 rings (SSSR count). The van der Waals surface area contributed by atoms with E-state index in [4.69, 9.17) is 11.6 Å². The molecule has 1 aromatic heterocycles. The molecule has 1 aliphatic rings. The molecule has 1 fully saturated rings. The van der Waals surface area contributed by atoms with E-state index >= 15 is 0 Å². The fourth-order valence-corrected chi connectivity index (χ4v) is 3.24. The molecule has 0 N–H and O–H groups in total. The van der Waals surface area contributed by atoms with Gasteiger partial charge in [0.1, 0.15) is 11.5 Å². The van der Waals surface area contributed by atoms with Crippen molar-refractivity contribution in [1.29, 1.82) is 0 Å². The highest BCUT2D eigenvalue weighted by Crippen LogP contribution is 2.34. The zero-order valence-corrected chi connectivity index (χ0v) is 13.1. The number of nitrogens with zero attached hydrogens (tertiary/aromatic N) is 3. The first-order chi connectivity index (χ1) is 10.6. The molecule has 2 aromatic rings. The topological polar surface area (TPSA) is 38.1 Å². The van der Waals surface area contributed by atoms with Gasteiger partial charge in [-0.15, -0.1) is 0 Å². The lowest BCUT2D eigenvalue weighted by Gasteiger charge is -2.25. The SMILES string of the molecule is CCn1ncc(Cl)c1C(=O)N1CCC[C@@H]1c1cccc(F)c1. The van der Waals surface area contributed by atoms with E-state index in [0.717, 1.165) is 18.4 Å². The molecule has 1 saturated heterocycles. The van der Waals surface area contributed by atoms with Crippen LogP contribution in [0.5, 0.6) is 0 Å². The van der Waals surface area contributed by atoms with Crippen LogP contribution in [0, 0.1) is 5.82 Å². The van der Waals surface area contributed by atoms with Gasteiger partial charge in [0.15, 0.2) is 0 Å². The van der Waals surface area contributed by atoms with Crippen LogP contribution in [0.1, 0.15) is 41.9 Å². The summed E-state index contributed by atoms with van der Waals surface area (Å²) < 4.78 is 15.1. The number of hydrogen-bond donors (Lipinski definition) is 0. The van der Waals surface area contributed by atoms with Gasteiger partial charge in [-0.05, 0) is 37.5 Å². The molecule has 0 bridgehead atoms. The lowest BCUT2D eigenvalue weighted by Crippen LogP contribution is -2.32. The van der Waals surface area contributed by atoms with Gasteiger partial charge in [0.05, 0.1) is 17.3 Å². The van der Waals surface area contributed by atoms with Crippen molar-refractivity contribution in [3.8, 4) is 0 Å². The Morgan fingerprint density at radius 1 is 1.50 bits per heavy atom. The number of rotatable bonds is 3. The summed E-state index contributed by atoms with van der Waals surface area (Å²) in [5.74, 6) is -0.426. The molecule has 1 aromatic carbocycles. The van der Waals surface area contributed by atoms with Crippen LogP contribution in [0.3, 0.4) is 0 Å². The maximum absolute atomic E-state index is 13.5. The third kappa shape index (κ3) is 2.61. The van der Waals surface area contributed by atoms with Crippen LogP contribution in [0.15, 0.2) is 30.5 Å². The van der Waals surface area contributed by atoms with Crippen LogP contribution in [-0.4, -0.2) is 27.1 Å². The van der Waals surface area contributed by atoms with E-state index in [0.29, 0.717) is 23.8 Å². The Labute approximate surface area is 133 Å². The number of benzene rings is 1. The zero-order valence-electron chi connectivity index (χ0n) is 12.3. The lowest BCUT2D eigenvalue weighted by atomic mass is 10.0. The Hall–Kier alpha value is -1.88. The molecule has 6 heteroatoms. The van der Waals surface area contributed by atoms with Crippen molar-refractivity contribution in [3.05, 3.63) is 52.6 Å². The van der Waals surface area contributed by atoms with Crippen molar-refractivity contribution in [2.45, 2.75) is 32.4 Å². The number of aryl methyl sites for hydroxylation is 1. The maximum Gasteiger partial charge on any atom is 0.274 e. The molecule has 1 atom stereocenters. The first-order valence-electron chi connectivity index (χ1n) is 7.39. The van der Waals surface area contributed by atoms with E-state index in [-0.39, 0.29) is 17.8 Å². The smallest absolute Gasteiger partial charge is 0.274 e. The Kier molecular flexibility index (Phi) is 4.16. The average Bonchev–Trinajstić information content (AvgIpc) is 3.13. The van der Waals surface area contributed by atoms with Crippen molar-refractivity contribution >= 4 is 17.5 Å². The van der Waals surface area contributed by atoms with Gasteiger partial charge in [-0.1, -0.05) is 23.7 Å². The Bertz CT molecular complexity index is 700. The molecule has 0 unspecified atom stereocenters. The molecular weight excluding hydrogens is 305 g/mol. The summed E-state index contributed by atoms with van der Waals surface area (Å²) in [7, 11) is 0. The summed E-state index contributed by atoms with van der Waals surface area (Å²) in [5, 5.41) is 4.47. The van der Waals surface area contributed by atoms with Crippen molar-refractivity contribution in [2.75, 3.05) is 6.54 Å². The van der Waals surface area contributed by atoms with E-state index in [1.54, 1.807) is 15.6 Å². The van der Waals surface area contributed by atoms with Crippen molar-refractivity contribution in [3.63, 3.8) is 0 Å². The van der Waals surface area contributed by atoms with E-state index in [1.807, 2.05) is 13.0 Å². The van der Waals surface area contributed by atoms with Crippen LogP contribution in [0.4, 0.5) is 4.39 Å². The van der Waals surface area contributed by atoms with Crippen LogP contribution < -0.4 is 0 Å². The van der Waals surface area contributed by atoms with E-state index in [9.17, 15) is 9.18 Å². The van der Waals surface area contributed by atoms with E-state index < -0.39 is 0 Å². The molecule has 4 nitrogen and oxygen atoms in total. The molecule has 0 saturated carbocycles. The first kappa shape index (κ1) is 15.0. The standard InChI is InChI=1S/C16H17ClFN3O/c1-2-21-15(13(17)10-19-21)16(22)20-8-4-7-14(20)11-5-3-6-12(18)9-11/h3,5-6,9-10,14H,2,4,7-8H2,1H3/t14-/m1/s1. The number of amides is 1. The van der Waals surface area contributed by atoms with Gasteiger partial charge in [-0.2, -0.15) is 5.10 Å². The van der Waals surface area contributed by atoms with Gasteiger partial charge in [0.2, 0.25) is 0 Å². The first-order valence-corrected chi connectivity index (χ1v) is 7.77. The summed E-state index contributed by atoms with van der Waals surface area (Å²) >= 11 is 6.13. The van der Waals surface area contributed by atoms with E-state index in [1.165, 1.54) is 18.3 Å². The number of aromatic nitrogens is 2. The molecule has 0 spiro atoms. The minimum absolute atomic E-state index is 0.112. The van der Waals surface area contributed by atoms with Crippen molar-refractivity contribution in [1.82, 2.24) is 14.7 Å². The monoisotopic (exact) mass is 321 g/mol. The predicted octanol–water partition coefficient (Wildman–Crippen LogP) is 3.67. The number of halogens is 2. The summed E-state index contributed by atoms with van der Waals surface area (Å²) in [6, 6.07) is 6.33. The second-order valence-electron chi connectivity index (χ2n) is 5.37. The summed E-state index contributed by atoms with van der Waals surface area (Å²) in [6.07, 6.45) is 3.21. The quantitative estimate of drug-likeness (QED) is 0.865. The van der Waals surface area contributed by atoms with Gasteiger partial charge in [0, 0.05) is 13.1 Å². The normalized spacial score (nSPS) is 18.0. The third-order valence-corrected chi connectivity index (χ3v) is 4.32. The summed E-state index contributed by atoms with van der Waals surface area (Å²) in [5.41, 5.74) is 1.23. The second-order valence-corrected chi connectivity index (χ2v) is 5.78. The Morgan fingerprint density at radius 2 is 2.32 bits per heavy atom. The van der Waals surface area contributed by atoms with Crippen LogP contribution in [-0.2, 0) is 6.54 Å². The number of likely N-dealkylation sites (tertiary alicyclic amines) is 1. The third-order valence-electron chi connectivity index (χ3n) is 4.04. The average molecular weight is 322 g/mol.